The first-order valence-corrected chi connectivity index (χ1v) is 5.80. The van der Waals surface area contributed by atoms with Crippen molar-refractivity contribution in [1.29, 1.82) is 0 Å². The quantitative estimate of drug-likeness (QED) is 0.839. The third-order valence-corrected chi connectivity index (χ3v) is 3.21. The number of nitrogens with zero attached hydrogens (tertiary/aromatic N) is 3. The number of aromatic amines is 1. The van der Waals surface area contributed by atoms with Crippen LogP contribution in [0.15, 0.2) is 0 Å². The van der Waals surface area contributed by atoms with Crippen LogP contribution in [-0.4, -0.2) is 38.8 Å². The second-order valence-electron chi connectivity index (χ2n) is 4.94. The molecule has 2 heterocycles. The molecule has 0 bridgehead atoms. The van der Waals surface area contributed by atoms with Gasteiger partial charge in [-0.25, -0.2) is 9.37 Å². The van der Waals surface area contributed by atoms with Crippen molar-refractivity contribution >= 4 is 0 Å². The van der Waals surface area contributed by atoms with Gasteiger partial charge in [0.05, 0.1) is 6.04 Å². The van der Waals surface area contributed by atoms with Crippen LogP contribution in [0.3, 0.4) is 0 Å². The summed E-state index contributed by atoms with van der Waals surface area (Å²) in [7, 11) is 0. The molecule has 0 saturated carbocycles. The molecular formula is C11H19FN4. The minimum absolute atomic E-state index is 0.0836. The van der Waals surface area contributed by atoms with Gasteiger partial charge in [-0.05, 0) is 40.2 Å². The Bertz CT molecular complexity index is 361. The molecule has 1 aliphatic heterocycles. The van der Waals surface area contributed by atoms with E-state index in [1.807, 2.05) is 13.8 Å². The maximum absolute atomic E-state index is 13.9. The lowest BCUT2D eigenvalue weighted by Crippen LogP contribution is -2.44. The van der Waals surface area contributed by atoms with Gasteiger partial charge in [-0.1, -0.05) is 0 Å². The monoisotopic (exact) mass is 226 g/mol. The largest absolute Gasteiger partial charge is 0.290 e. The number of halogens is 1. The molecule has 0 amide bonds. The first-order chi connectivity index (χ1) is 7.48. The second kappa shape index (κ2) is 4.13. The lowest BCUT2D eigenvalue weighted by Gasteiger charge is -2.37. The Morgan fingerprint density at radius 3 is 2.88 bits per heavy atom. The van der Waals surface area contributed by atoms with Crippen LogP contribution >= 0.6 is 0 Å². The number of hydrogen-bond donors (Lipinski definition) is 1. The molecule has 4 nitrogen and oxygen atoms in total. The summed E-state index contributed by atoms with van der Waals surface area (Å²) < 4.78 is 13.9. The molecule has 1 N–H and O–H groups in total. The molecular weight excluding hydrogens is 207 g/mol. The number of rotatable bonds is 2. The molecule has 16 heavy (non-hydrogen) atoms. The minimum Gasteiger partial charge on any atom is -0.290 e. The number of aromatic nitrogens is 3. The first kappa shape index (κ1) is 11.5. The van der Waals surface area contributed by atoms with Gasteiger partial charge in [0.1, 0.15) is 11.5 Å². The van der Waals surface area contributed by atoms with Gasteiger partial charge in [0.15, 0.2) is 5.82 Å². The average molecular weight is 226 g/mol. The summed E-state index contributed by atoms with van der Waals surface area (Å²) in [4.78, 5) is 6.42. The zero-order valence-corrected chi connectivity index (χ0v) is 10.1. The third kappa shape index (κ3) is 2.40. The molecule has 1 saturated heterocycles. The number of hydrogen-bond acceptors (Lipinski definition) is 3. The summed E-state index contributed by atoms with van der Waals surface area (Å²) in [5, 5.41) is 6.97. The summed E-state index contributed by atoms with van der Waals surface area (Å²) in [6, 6.07) is 0.0836. The van der Waals surface area contributed by atoms with Crippen LogP contribution in [-0.2, 0) is 0 Å². The highest BCUT2D eigenvalue weighted by Gasteiger charge is 2.33. The fourth-order valence-corrected chi connectivity index (χ4v) is 2.27. The molecule has 5 heteroatoms. The average Bonchev–Trinajstić information content (AvgIpc) is 2.62. The number of piperidine rings is 1. The maximum atomic E-state index is 13.9. The Morgan fingerprint density at radius 2 is 2.31 bits per heavy atom. The predicted molar refractivity (Wildman–Crippen MR) is 59.9 cm³/mol. The lowest BCUT2D eigenvalue weighted by molar-refractivity contribution is 0.0370. The molecule has 1 aromatic rings. The van der Waals surface area contributed by atoms with Gasteiger partial charge >= 0.3 is 0 Å². The summed E-state index contributed by atoms with van der Waals surface area (Å²) in [6.07, 6.45) is 1.56. The predicted octanol–water partition coefficient (Wildman–Crippen LogP) is 2.00. The summed E-state index contributed by atoms with van der Waals surface area (Å²) >= 11 is 0. The van der Waals surface area contributed by atoms with Crippen molar-refractivity contribution in [3.8, 4) is 0 Å². The van der Waals surface area contributed by atoms with E-state index in [0.717, 1.165) is 24.6 Å². The highest BCUT2D eigenvalue weighted by atomic mass is 19.1. The molecule has 0 unspecified atom stereocenters. The molecule has 0 radical (unpaired) electrons. The van der Waals surface area contributed by atoms with Crippen LogP contribution in [0.4, 0.5) is 4.39 Å². The number of alkyl halides is 1. The highest BCUT2D eigenvalue weighted by Crippen LogP contribution is 2.29. The van der Waals surface area contributed by atoms with Crippen LogP contribution in [0.25, 0.3) is 0 Å². The maximum Gasteiger partial charge on any atom is 0.167 e. The van der Waals surface area contributed by atoms with Crippen LogP contribution in [0, 0.1) is 6.92 Å². The zero-order chi connectivity index (χ0) is 11.8. The molecule has 2 rings (SSSR count). The Labute approximate surface area is 95.3 Å². The number of nitrogens with one attached hydrogen (secondary N) is 1. The topological polar surface area (TPSA) is 44.8 Å². The fourth-order valence-electron chi connectivity index (χ4n) is 2.27. The van der Waals surface area contributed by atoms with Crippen molar-refractivity contribution in [3.63, 3.8) is 0 Å². The zero-order valence-electron chi connectivity index (χ0n) is 10.1. The van der Waals surface area contributed by atoms with Crippen molar-refractivity contribution in [2.45, 2.75) is 45.3 Å². The number of likely N-dealkylation sites (tertiary alicyclic amines) is 1. The molecule has 0 aliphatic carbocycles. The van der Waals surface area contributed by atoms with Crippen LogP contribution in [0.2, 0.25) is 0 Å². The molecule has 90 valence electrons. The van der Waals surface area contributed by atoms with Crippen molar-refractivity contribution < 1.29 is 4.39 Å². The van der Waals surface area contributed by atoms with Gasteiger partial charge in [0.2, 0.25) is 0 Å². The highest BCUT2D eigenvalue weighted by molar-refractivity contribution is 4.97. The van der Waals surface area contributed by atoms with Gasteiger partial charge in [0.25, 0.3) is 0 Å². The number of aryl methyl sites for hydroxylation is 1. The normalized spacial score (nSPS) is 29.2. The van der Waals surface area contributed by atoms with E-state index in [4.69, 9.17) is 0 Å². The van der Waals surface area contributed by atoms with Crippen molar-refractivity contribution in [2.75, 3.05) is 13.1 Å². The molecule has 2 atom stereocenters. The van der Waals surface area contributed by atoms with E-state index in [0.29, 0.717) is 13.0 Å². The van der Waals surface area contributed by atoms with Crippen molar-refractivity contribution in [1.82, 2.24) is 20.1 Å². The molecule has 1 aromatic heterocycles. The van der Waals surface area contributed by atoms with E-state index < -0.39 is 5.67 Å². The van der Waals surface area contributed by atoms with Crippen LogP contribution in [0.5, 0.6) is 0 Å². The standard InChI is InChI=1S/C11H19FN4/c1-8(10-13-9(2)14-15-10)16-6-4-5-11(3,12)7-16/h8H,4-7H2,1-3H3,(H,13,14,15)/t8-,11+/m0/s1. The second-order valence-corrected chi connectivity index (χ2v) is 4.94. The minimum atomic E-state index is -1.07. The summed E-state index contributed by atoms with van der Waals surface area (Å²) in [5.41, 5.74) is -1.07. The Kier molecular flexibility index (Phi) is 2.97. The van der Waals surface area contributed by atoms with E-state index in [9.17, 15) is 4.39 Å². The SMILES string of the molecule is Cc1nc([C@H](C)N2CCC[C@@](C)(F)C2)n[nH]1. The summed E-state index contributed by atoms with van der Waals surface area (Å²) in [5.74, 6) is 1.57. The van der Waals surface area contributed by atoms with E-state index in [1.165, 1.54) is 0 Å². The van der Waals surface area contributed by atoms with Gasteiger partial charge in [-0.15, -0.1) is 0 Å². The third-order valence-electron chi connectivity index (χ3n) is 3.21. The van der Waals surface area contributed by atoms with Crippen molar-refractivity contribution in [2.24, 2.45) is 0 Å². The van der Waals surface area contributed by atoms with E-state index in [1.54, 1.807) is 6.92 Å². The van der Waals surface area contributed by atoms with Crippen molar-refractivity contribution in [3.05, 3.63) is 11.6 Å². The van der Waals surface area contributed by atoms with Gasteiger partial charge < -0.3 is 0 Å². The summed E-state index contributed by atoms with van der Waals surface area (Å²) in [6.45, 7) is 6.98. The van der Waals surface area contributed by atoms with Crippen LogP contribution < -0.4 is 0 Å². The first-order valence-electron chi connectivity index (χ1n) is 5.80. The smallest absolute Gasteiger partial charge is 0.167 e. The van der Waals surface area contributed by atoms with E-state index in [2.05, 4.69) is 20.1 Å². The van der Waals surface area contributed by atoms with Gasteiger partial charge in [0, 0.05) is 6.54 Å². The van der Waals surface area contributed by atoms with Gasteiger partial charge in [-0.2, -0.15) is 5.10 Å². The molecule has 0 aromatic carbocycles. The van der Waals surface area contributed by atoms with E-state index >= 15 is 0 Å². The molecule has 0 spiro atoms. The lowest BCUT2D eigenvalue weighted by atomic mass is 9.96. The Morgan fingerprint density at radius 1 is 1.56 bits per heavy atom. The molecule has 1 aliphatic rings. The number of H-pyrrole nitrogens is 1. The molecule has 1 fully saturated rings. The Hall–Kier alpha value is -0.970. The van der Waals surface area contributed by atoms with Crippen LogP contribution in [0.1, 0.15) is 44.4 Å². The van der Waals surface area contributed by atoms with E-state index in [-0.39, 0.29) is 6.04 Å². The Balaban J connectivity index is 2.07. The van der Waals surface area contributed by atoms with Gasteiger partial charge in [-0.3, -0.25) is 10.00 Å². The fraction of sp³-hybridized carbons (Fsp3) is 0.818.